The van der Waals surface area contributed by atoms with Gasteiger partial charge in [0, 0.05) is 20.8 Å². The predicted molar refractivity (Wildman–Crippen MR) is 144 cm³/mol. The zero-order valence-electron chi connectivity index (χ0n) is 19.5. The summed E-state index contributed by atoms with van der Waals surface area (Å²) in [7, 11) is 0. The van der Waals surface area contributed by atoms with Crippen LogP contribution in [0.2, 0.25) is 0 Å². The minimum Gasteiger partial charge on any atom is -0.465 e. The number of amides is 3. The lowest BCUT2D eigenvalue weighted by atomic mass is 10.1. The molecule has 36 heavy (non-hydrogen) atoms. The maximum atomic E-state index is 13.4. The molecule has 2 aromatic heterocycles. The maximum Gasteiger partial charge on any atom is 0.407 e. The zero-order chi connectivity index (χ0) is 25.8. The highest BCUT2D eigenvalue weighted by atomic mass is 79.9. The van der Waals surface area contributed by atoms with Crippen LogP contribution in [0.4, 0.5) is 9.59 Å². The largest absolute Gasteiger partial charge is 0.465 e. The van der Waals surface area contributed by atoms with Crippen LogP contribution in [0.5, 0.6) is 0 Å². The average molecular weight is 595 g/mol. The van der Waals surface area contributed by atoms with Gasteiger partial charge in [0.15, 0.2) is 0 Å². The highest BCUT2D eigenvalue weighted by Crippen LogP contribution is 2.19. The van der Waals surface area contributed by atoms with Crippen molar-refractivity contribution < 1.29 is 24.2 Å². The highest BCUT2D eigenvalue weighted by Gasteiger charge is 2.26. The molecule has 0 spiro atoms. The molecule has 0 saturated carbocycles. The number of thiophene rings is 2. The van der Waals surface area contributed by atoms with Crippen LogP contribution in [-0.2, 0) is 29.2 Å². The van der Waals surface area contributed by atoms with Crippen LogP contribution in [0.15, 0.2) is 63.8 Å². The molecule has 1 atom stereocenters. The van der Waals surface area contributed by atoms with Crippen molar-refractivity contribution in [1.29, 1.82) is 0 Å². The first-order valence-electron chi connectivity index (χ1n) is 11.4. The van der Waals surface area contributed by atoms with Crippen molar-refractivity contribution >= 4 is 56.7 Å². The molecule has 0 bridgehead atoms. The molecular formula is C25H28BrN3O5S2. The van der Waals surface area contributed by atoms with Gasteiger partial charge in [-0.1, -0.05) is 40.2 Å². The second kappa shape index (κ2) is 14.6. The minimum absolute atomic E-state index is 0.169. The van der Waals surface area contributed by atoms with Gasteiger partial charge in [0.05, 0.1) is 13.1 Å². The van der Waals surface area contributed by atoms with E-state index in [0.29, 0.717) is 38.9 Å². The van der Waals surface area contributed by atoms with E-state index in [2.05, 4.69) is 26.6 Å². The number of rotatable bonds is 13. The summed E-state index contributed by atoms with van der Waals surface area (Å²) in [5, 5.41) is 18.3. The van der Waals surface area contributed by atoms with Gasteiger partial charge in [-0.25, -0.2) is 9.59 Å². The van der Waals surface area contributed by atoms with Gasteiger partial charge >= 0.3 is 12.2 Å². The van der Waals surface area contributed by atoms with E-state index in [1.54, 1.807) is 27.6 Å². The van der Waals surface area contributed by atoms with Gasteiger partial charge in [0.2, 0.25) is 5.91 Å². The topological polar surface area (TPSA) is 108 Å². The van der Waals surface area contributed by atoms with E-state index in [1.165, 1.54) is 0 Å². The Morgan fingerprint density at radius 1 is 0.972 bits per heavy atom. The number of carboxylic acid groups (broad SMARTS) is 1. The molecule has 0 aliphatic carbocycles. The fourth-order valence-corrected chi connectivity index (χ4v) is 5.17. The first-order valence-corrected chi connectivity index (χ1v) is 13.9. The molecule has 3 N–H and O–H groups in total. The maximum absolute atomic E-state index is 13.4. The summed E-state index contributed by atoms with van der Waals surface area (Å²) in [5.41, 5.74) is 0.879. The number of ether oxygens (including phenoxy) is 1. The van der Waals surface area contributed by atoms with Crippen LogP contribution in [-0.4, -0.2) is 40.7 Å². The molecule has 0 radical (unpaired) electrons. The van der Waals surface area contributed by atoms with Crippen molar-refractivity contribution in [2.24, 2.45) is 0 Å². The van der Waals surface area contributed by atoms with Crippen molar-refractivity contribution in [2.75, 3.05) is 6.54 Å². The molecular weight excluding hydrogens is 566 g/mol. The van der Waals surface area contributed by atoms with Crippen LogP contribution in [0, 0.1) is 0 Å². The Kier molecular flexibility index (Phi) is 11.2. The quantitative estimate of drug-likeness (QED) is 0.216. The summed E-state index contributed by atoms with van der Waals surface area (Å²) in [5.74, 6) is -0.263. The van der Waals surface area contributed by atoms with Crippen molar-refractivity contribution in [3.05, 3.63) is 79.1 Å². The summed E-state index contributed by atoms with van der Waals surface area (Å²) in [6.07, 6.45) is -0.307. The van der Waals surface area contributed by atoms with E-state index in [4.69, 9.17) is 4.74 Å². The van der Waals surface area contributed by atoms with Crippen molar-refractivity contribution in [2.45, 2.75) is 45.0 Å². The number of nitrogens with zero attached hydrogens (tertiary/aromatic N) is 1. The van der Waals surface area contributed by atoms with Gasteiger partial charge in [-0.15, -0.1) is 22.7 Å². The number of carbonyl (C=O) groups is 3. The number of hydrogen-bond donors (Lipinski definition) is 3. The molecule has 3 aromatic rings. The third-order valence-corrected chi connectivity index (χ3v) is 7.48. The molecule has 1 aromatic carbocycles. The Bertz CT molecular complexity index is 1060. The first-order chi connectivity index (χ1) is 17.4. The van der Waals surface area contributed by atoms with Crippen molar-refractivity contribution in [3.8, 4) is 0 Å². The lowest BCUT2D eigenvalue weighted by Crippen LogP contribution is -2.47. The van der Waals surface area contributed by atoms with E-state index in [-0.39, 0.29) is 12.5 Å². The summed E-state index contributed by atoms with van der Waals surface area (Å²) in [6.45, 7) is 1.36. The summed E-state index contributed by atoms with van der Waals surface area (Å²) >= 11 is 6.47. The van der Waals surface area contributed by atoms with Crippen LogP contribution in [0.25, 0.3) is 0 Å². The van der Waals surface area contributed by atoms with Gasteiger partial charge in [0.25, 0.3) is 0 Å². The van der Waals surface area contributed by atoms with E-state index in [1.807, 2.05) is 59.3 Å². The van der Waals surface area contributed by atoms with Gasteiger partial charge in [-0.3, -0.25) is 4.79 Å². The second-order valence-corrected chi connectivity index (χ2v) is 11.0. The Balaban J connectivity index is 1.47. The SMILES string of the molecule is O=C(O)N[C@@H](CCCCNC(=O)OCc1ccc(Br)cc1)C(=O)N(Cc1cccs1)Cc1cccs1. The van der Waals surface area contributed by atoms with Crippen LogP contribution in [0.1, 0.15) is 34.6 Å². The molecule has 8 nitrogen and oxygen atoms in total. The lowest BCUT2D eigenvalue weighted by Gasteiger charge is -2.27. The summed E-state index contributed by atoms with van der Waals surface area (Å²) < 4.78 is 6.15. The Hall–Kier alpha value is -2.89. The fraction of sp³-hybridized carbons (Fsp3) is 0.320. The average Bonchev–Trinajstić information content (AvgIpc) is 3.56. The molecule has 0 unspecified atom stereocenters. The Labute approximate surface area is 226 Å². The molecule has 0 saturated heterocycles. The van der Waals surface area contributed by atoms with E-state index in [0.717, 1.165) is 19.8 Å². The summed E-state index contributed by atoms with van der Waals surface area (Å²) in [6, 6.07) is 14.4. The molecule has 0 aliphatic rings. The Morgan fingerprint density at radius 3 is 2.17 bits per heavy atom. The fourth-order valence-electron chi connectivity index (χ4n) is 3.46. The number of carbonyl (C=O) groups excluding carboxylic acids is 2. The second-order valence-electron chi connectivity index (χ2n) is 7.98. The van der Waals surface area contributed by atoms with E-state index < -0.39 is 18.2 Å². The minimum atomic E-state index is -1.24. The number of unbranched alkanes of at least 4 members (excludes halogenated alkanes) is 1. The first kappa shape index (κ1) is 27.7. The molecule has 0 aliphatic heterocycles. The van der Waals surface area contributed by atoms with E-state index >= 15 is 0 Å². The molecule has 11 heteroatoms. The zero-order valence-corrected chi connectivity index (χ0v) is 22.7. The van der Waals surface area contributed by atoms with Gasteiger partial charge in [-0.2, -0.15) is 0 Å². The third-order valence-electron chi connectivity index (χ3n) is 5.23. The molecule has 2 heterocycles. The predicted octanol–water partition coefficient (Wildman–Crippen LogP) is 5.83. The van der Waals surface area contributed by atoms with Crippen molar-refractivity contribution in [3.63, 3.8) is 0 Å². The number of alkyl carbamates (subject to hydrolysis) is 1. The number of benzene rings is 1. The third kappa shape index (κ3) is 9.63. The van der Waals surface area contributed by atoms with Crippen LogP contribution >= 0.6 is 38.6 Å². The van der Waals surface area contributed by atoms with Gasteiger partial charge in [-0.05, 0) is 59.9 Å². The van der Waals surface area contributed by atoms with Gasteiger partial charge < -0.3 is 25.4 Å². The monoisotopic (exact) mass is 593 g/mol. The number of nitrogens with one attached hydrogen (secondary N) is 2. The number of hydrogen-bond acceptors (Lipinski definition) is 6. The normalized spacial score (nSPS) is 11.5. The standard InChI is InChI=1S/C25H28BrN3O5S2/c26-19-10-8-18(9-11-19)17-34-25(33)27-12-2-1-7-22(28-24(31)32)23(30)29(15-20-5-3-13-35-20)16-21-6-4-14-36-21/h3-6,8-11,13-14,22,28H,1-2,7,12,15-17H2,(H,27,33)(H,31,32)/t22-/m0/s1. The van der Waals surface area contributed by atoms with E-state index in [9.17, 15) is 19.5 Å². The van der Waals surface area contributed by atoms with Crippen molar-refractivity contribution in [1.82, 2.24) is 15.5 Å². The number of halogens is 1. The van der Waals surface area contributed by atoms with Crippen LogP contribution < -0.4 is 10.6 Å². The smallest absolute Gasteiger partial charge is 0.407 e. The van der Waals surface area contributed by atoms with Crippen LogP contribution in [0.3, 0.4) is 0 Å². The molecule has 3 amide bonds. The molecule has 0 fully saturated rings. The summed E-state index contributed by atoms with van der Waals surface area (Å²) in [4.78, 5) is 40.4. The van der Waals surface area contributed by atoms with Gasteiger partial charge in [0.1, 0.15) is 12.6 Å². The lowest BCUT2D eigenvalue weighted by molar-refractivity contribution is -0.134. The highest BCUT2D eigenvalue weighted by molar-refractivity contribution is 9.10. The molecule has 3 rings (SSSR count). The molecule has 192 valence electrons. The Morgan fingerprint density at radius 2 is 1.61 bits per heavy atom.